The van der Waals surface area contributed by atoms with Crippen LogP contribution in [-0.2, 0) is 13.0 Å². The molecule has 2 rings (SSSR count). The van der Waals surface area contributed by atoms with Crippen molar-refractivity contribution in [2.24, 2.45) is 5.73 Å². The minimum atomic E-state index is -0.158. The van der Waals surface area contributed by atoms with Gasteiger partial charge in [-0.05, 0) is 49.6 Å². The summed E-state index contributed by atoms with van der Waals surface area (Å²) in [6, 6.07) is 13.4. The smallest absolute Gasteiger partial charge is 0.128 e. The van der Waals surface area contributed by atoms with Crippen molar-refractivity contribution in [1.29, 1.82) is 0 Å². The van der Waals surface area contributed by atoms with E-state index in [4.69, 9.17) is 5.73 Å². The van der Waals surface area contributed by atoms with Crippen LogP contribution >= 0.6 is 0 Å². The van der Waals surface area contributed by atoms with Gasteiger partial charge in [0, 0.05) is 30.9 Å². The Hall–Kier alpha value is -1.87. The number of hydrogen-bond donors (Lipinski definition) is 1. The lowest BCUT2D eigenvalue weighted by atomic mass is 10.0. The maximum absolute atomic E-state index is 13.7. The number of nitrogens with zero attached hydrogens (tertiary/aromatic N) is 1. The lowest BCUT2D eigenvalue weighted by molar-refractivity contribution is 0.608. The highest BCUT2D eigenvalue weighted by Crippen LogP contribution is 2.21. The molecule has 0 aliphatic heterocycles. The molecule has 0 aliphatic carbocycles. The predicted octanol–water partition coefficient (Wildman–Crippen LogP) is 3.66. The van der Waals surface area contributed by atoms with E-state index in [1.807, 2.05) is 26.1 Å². The van der Waals surface area contributed by atoms with Crippen molar-refractivity contribution in [2.75, 3.05) is 11.9 Å². The number of halogens is 1. The number of nitrogens with two attached hydrogens (primary N) is 1. The predicted molar refractivity (Wildman–Crippen MR) is 87.0 cm³/mol. The van der Waals surface area contributed by atoms with E-state index in [-0.39, 0.29) is 11.9 Å². The number of hydrogen-bond acceptors (Lipinski definition) is 2. The highest BCUT2D eigenvalue weighted by Gasteiger charge is 2.08. The van der Waals surface area contributed by atoms with Gasteiger partial charge in [-0.3, -0.25) is 0 Å². The average Bonchev–Trinajstić information content (AvgIpc) is 2.43. The lowest BCUT2D eigenvalue weighted by Crippen LogP contribution is -2.19. The molecule has 3 heteroatoms. The normalized spacial score (nSPS) is 12.2. The molecule has 0 fully saturated rings. The molecule has 21 heavy (non-hydrogen) atoms. The molecule has 0 aromatic heterocycles. The van der Waals surface area contributed by atoms with Crippen LogP contribution in [0.25, 0.3) is 0 Å². The van der Waals surface area contributed by atoms with Crippen molar-refractivity contribution in [1.82, 2.24) is 0 Å². The Balaban J connectivity index is 2.14. The molecule has 112 valence electrons. The van der Waals surface area contributed by atoms with Gasteiger partial charge in [-0.25, -0.2) is 4.39 Å². The molecule has 0 saturated heterocycles. The van der Waals surface area contributed by atoms with Crippen molar-refractivity contribution in [3.05, 3.63) is 65.0 Å². The number of aryl methyl sites for hydroxylation is 1. The van der Waals surface area contributed by atoms with Crippen LogP contribution in [0.15, 0.2) is 42.5 Å². The number of rotatable bonds is 5. The van der Waals surface area contributed by atoms with Crippen LogP contribution in [0.5, 0.6) is 0 Å². The van der Waals surface area contributed by atoms with Gasteiger partial charge in [-0.15, -0.1) is 0 Å². The van der Waals surface area contributed by atoms with Gasteiger partial charge in [-0.1, -0.05) is 24.3 Å². The first-order chi connectivity index (χ1) is 9.97. The van der Waals surface area contributed by atoms with Crippen LogP contribution in [0.1, 0.15) is 23.6 Å². The molecule has 0 amide bonds. The summed E-state index contributed by atoms with van der Waals surface area (Å²) in [5, 5.41) is 0. The van der Waals surface area contributed by atoms with Crippen LogP contribution in [0, 0.1) is 12.7 Å². The SMILES string of the molecule is Cc1cc(N(C)Cc2ccccc2F)ccc1CC(C)N. The van der Waals surface area contributed by atoms with Gasteiger partial charge in [0.2, 0.25) is 0 Å². The monoisotopic (exact) mass is 286 g/mol. The maximum atomic E-state index is 13.7. The highest BCUT2D eigenvalue weighted by atomic mass is 19.1. The molecular weight excluding hydrogens is 263 g/mol. The Labute approximate surface area is 126 Å². The first-order valence-electron chi connectivity index (χ1n) is 7.27. The van der Waals surface area contributed by atoms with Crippen LogP contribution < -0.4 is 10.6 Å². The van der Waals surface area contributed by atoms with E-state index in [9.17, 15) is 4.39 Å². The van der Waals surface area contributed by atoms with Crippen molar-refractivity contribution in [2.45, 2.75) is 32.9 Å². The third-order valence-corrected chi connectivity index (χ3v) is 3.67. The minimum Gasteiger partial charge on any atom is -0.370 e. The lowest BCUT2D eigenvalue weighted by Gasteiger charge is -2.21. The van der Waals surface area contributed by atoms with Gasteiger partial charge in [-0.2, -0.15) is 0 Å². The summed E-state index contributed by atoms with van der Waals surface area (Å²) < 4.78 is 13.7. The van der Waals surface area contributed by atoms with E-state index < -0.39 is 0 Å². The molecule has 2 nitrogen and oxygen atoms in total. The molecule has 1 unspecified atom stereocenters. The fourth-order valence-electron chi connectivity index (χ4n) is 2.47. The third-order valence-electron chi connectivity index (χ3n) is 3.67. The number of anilines is 1. The fraction of sp³-hybridized carbons (Fsp3) is 0.333. The molecule has 0 saturated carbocycles. The summed E-state index contributed by atoms with van der Waals surface area (Å²) in [7, 11) is 1.98. The van der Waals surface area contributed by atoms with E-state index in [0.29, 0.717) is 12.1 Å². The molecule has 2 N–H and O–H groups in total. The molecule has 0 aliphatic rings. The van der Waals surface area contributed by atoms with Gasteiger partial charge >= 0.3 is 0 Å². The first-order valence-corrected chi connectivity index (χ1v) is 7.27. The summed E-state index contributed by atoms with van der Waals surface area (Å²) in [6.07, 6.45) is 0.878. The summed E-state index contributed by atoms with van der Waals surface area (Å²) in [6.45, 7) is 4.66. The molecule has 0 heterocycles. The zero-order valence-corrected chi connectivity index (χ0v) is 12.9. The molecule has 2 aromatic carbocycles. The van der Waals surface area contributed by atoms with Gasteiger partial charge in [0.15, 0.2) is 0 Å². The summed E-state index contributed by atoms with van der Waals surface area (Å²) in [5.41, 5.74) is 10.1. The summed E-state index contributed by atoms with van der Waals surface area (Å²) in [5.74, 6) is -0.158. The Morgan fingerprint density at radius 2 is 1.86 bits per heavy atom. The van der Waals surface area contributed by atoms with Crippen LogP contribution in [0.3, 0.4) is 0 Å². The Kier molecular flexibility index (Phi) is 4.97. The highest BCUT2D eigenvalue weighted by molar-refractivity contribution is 5.50. The zero-order valence-electron chi connectivity index (χ0n) is 12.9. The average molecular weight is 286 g/mol. The van der Waals surface area contributed by atoms with E-state index in [0.717, 1.165) is 12.1 Å². The molecule has 0 radical (unpaired) electrons. The van der Waals surface area contributed by atoms with Gasteiger partial charge in [0.05, 0.1) is 0 Å². The van der Waals surface area contributed by atoms with E-state index >= 15 is 0 Å². The summed E-state index contributed by atoms with van der Waals surface area (Å²) in [4.78, 5) is 2.06. The minimum absolute atomic E-state index is 0.158. The second-order valence-electron chi connectivity index (χ2n) is 5.74. The van der Waals surface area contributed by atoms with Crippen molar-refractivity contribution < 1.29 is 4.39 Å². The van der Waals surface area contributed by atoms with Crippen LogP contribution in [-0.4, -0.2) is 13.1 Å². The summed E-state index contributed by atoms with van der Waals surface area (Å²) >= 11 is 0. The van der Waals surface area contributed by atoms with Crippen LogP contribution in [0.4, 0.5) is 10.1 Å². The van der Waals surface area contributed by atoms with Gasteiger partial charge in [0.1, 0.15) is 5.82 Å². The number of benzene rings is 2. The largest absolute Gasteiger partial charge is 0.370 e. The van der Waals surface area contributed by atoms with Crippen molar-refractivity contribution in [3.8, 4) is 0 Å². The molecule has 2 aromatic rings. The maximum Gasteiger partial charge on any atom is 0.128 e. The van der Waals surface area contributed by atoms with E-state index in [1.54, 1.807) is 6.07 Å². The zero-order chi connectivity index (χ0) is 15.4. The van der Waals surface area contributed by atoms with Crippen LogP contribution in [0.2, 0.25) is 0 Å². The first kappa shape index (κ1) is 15.5. The standard InChI is InChI=1S/C18H23FN2/c1-13-10-17(9-8-15(13)11-14(2)20)21(3)12-16-6-4-5-7-18(16)19/h4-10,14H,11-12,20H2,1-3H3. The van der Waals surface area contributed by atoms with Gasteiger partial charge in [0.25, 0.3) is 0 Å². The second kappa shape index (κ2) is 6.72. The Morgan fingerprint density at radius 1 is 1.14 bits per heavy atom. The fourth-order valence-corrected chi connectivity index (χ4v) is 2.47. The molecule has 0 spiro atoms. The van der Waals surface area contributed by atoms with Crippen molar-refractivity contribution in [3.63, 3.8) is 0 Å². The second-order valence-corrected chi connectivity index (χ2v) is 5.74. The topological polar surface area (TPSA) is 29.3 Å². The molecular formula is C18H23FN2. The molecule has 0 bridgehead atoms. The van der Waals surface area contributed by atoms with Gasteiger partial charge < -0.3 is 10.6 Å². The van der Waals surface area contributed by atoms with E-state index in [1.165, 1.54) is 17.2 Å². The third kappa shape index (κ3) is 4.05. The van der Waals surface area contributed by atoms with E-state index in [2.05, 4.69) is 30.0 Å². The quantitative estimate of drug-likeness (QED) is 0.909. The van der Waals surface area contributed by atoms with Crippen molar-refractivity contribution >= 4 is 5.69 Å². The molecule has 1 atom stereocenters. The Morgan fingerprint density at radius 3 is 2.48 bits per heavy atom. The Bertz CT molecular complexity index is 608.